The van der Waals surface area contributed by atoms with Crippen LogP contribution in [-0.4, -0.2) is 53.4 Å². The summed E-state index contributed by atoms with van der Waals surface area (Å²) in [7, 11) is -4.41. The summed E-state index contributed by atoms with van der Waals surface area (Å²) in [5, 5.41) is 22.9. The zero-order valence-corrected chi connectivity index (χ0v) is 36.0. The number of sulfonamides is 1. The topological polar surface area (TPSA) is 194 Å². The molecular formula is C47H39Cl2N5O8S. The van der Waals surface area contributed by atoms with Crippen molar-refractivity contribution >= 4 is 50.9 Å². The normalized spacial score (nSPS) is 16.3. The number of aryl methyl sites for hydroxylation is 1. The first kappa shape index (κ1) is 43.0. The molecule has 63 heavy (non-hydrogen) atoms. The van der Waals surface area contributed by atoms with Gasteiger partial charge in [-0.05, 0) is 113 Å². The molecule has 1 amide bonds. The number of pyridine rings is 1. The number of nitrogens with two attached hydrogens (primary N) is 1. The SMILES string of the molecule is Cc1nc(N)ccc1S(=O)(=O)N1Cc2cc3c(cc2C[C@H]1C(=O)NC(Cc1ccc(-c2ccc(C#N)cc2)cc1)C(=O)O)OC[C@H](c1ccc(OCc2ccc(Cl)c(Cl)c2)cc1)O3. The second-order valence-corrected chi connectivity index (χ2v) is 17.8. The van der Waals surface area contributed by atoms with Gasteiger partial charge in [-0.1, -0.05) is 77.8 Å². The van der Waals surface area contributed by atoms with E-state index < -0.39 is 40.1 Å². The molecular weight excluding hydrogens is 866 g/mol. The number of nitrogen functional groups attached to an aromatic ring is 1. The minimum absolute atomic E-state index is 0.0693. The van der Waals surface area contributed by atoms with Gasteiger partial charge in [0.2, 0.25) is 15.9 Å². The van der Waals surface area contributed by atoms with E-state index in [0.717, 1.165) is 26.6 Å². The third-order valence-corrected chi connectivity index (χ3v) is 13.7. The van der Waals surface area contributed by atoms with Crippen molar-refractivity contribution in [2.75, 3.05) is 12.3 Å². The number of halogens is 2. The molecule has 13 nitrogen and oxygen atoms in total. The molecule has 0 saturated carbocycles. The van der Waals surface area contributed by atoms with Crippen molar-refractivity contribution in [2.45, 2.75) is 56.0 Å². The molecule has 1 unspecified atom stereocenters. The van der Waals surface area contributed by atoms with Crippen LogP contribution in [0.2, 0.25) is 10.0 Å². The number of amides is 1. The van der Waals surface area contributed by atoms with Gasteiger partial charge in [0.05, 0.1) is 27.4 Å². The number of carboxylic acid groups (broad SMARTS) is 1. The van der Waals surface area contributed by atoms with Crippen LogP contribution in [0.25, 0.3) is 11.1 Å². The molecule has 8 rings (SSSR count). The van der Waals surface area contributed by atoms with Crippen LogP contribution in [0.1, 0.15) is 45.2 Å². The molecule has 0 saturated heterocycles. The van der Waals surface area contributed by atoms with E-state index in [1.54, 1.807) is 48.5 Å². The highest BCUT2D eigenvalue weighted by Crippen LogP contribution is 2.42. The van der Waals surface area contributed by atoms with Gasteiger partial charge in [-0.15, -0.1) is 0 Å². The van der Waals surface area contributed by atoms with Crippen LogP contribution in [-0.2, 0) is 45.6 Å². The average molecular weight is 905 g/mol. The van der Waals surface area contributed by atoms with Crippen molar-refractivity contribution in [1.82, 2.24) is 14.6 Å². The molecule has 0 radical (unpaired) electrons. The quantitative estimate of drug-likeness (QED) is 0.108. The number of carboxylic acids is 1. The van der Waals surface area contributed by atoms with Crippen molar-refractivity contribution in [2.24, 2.45) is 0 Å². The molecule has 0 fully saturated rings. The number of rotatable bonds is 12. The number of nitrogens with one attached hydrogen (secondary N) is 1. The van der Waals surface area contributed by atoms with E-state index in [1.165, 1.54) is 19.1 Å². The Bertz CT molecular complexity index is 2870. The van der Waals surface area contributed by atoms with Gasteiger partial charge in [0.1, 0.15) is 41.8 Å². The van der Waals surface area contributed by atoms with Crippen molar-refractivity contribution in [3.63, 3.8) is 0 Å². The maximum atomic E-state index is 14.5. The lowest BCUT2D eigenvalue weighted by Crippen LogP contribution is -2.55. The maximum absolute atomic E-state index is 14.5. The number of nitrogens with zero attached hydrogens (tertiary/aromatic N) is 3. The van der Waals surface area contributed by atoms with E-state index in [1.807, 2.05) is 54.6 Å². The number of hydrogen-bond donors (Lipinski definition) is 3. The highest BCUT2D eigenvalue weighted by molar-refractivity contribution is 7.89. The molecule has 1 aromatic heterocycles. The lowest BCUT2D eigenvalue weighted by Gasteiger charge is -2.37. The molecule has 6 aromatic rings. The van der Waals surface area contributed by atoms with E-state index in [-0.39, 0.29) is 42.4 Å². The van der Waals surface area contributed by atoms with Gasteiger partial charge in [0.15, 0.2) is 17.6 Å². The van der Waals surface area contributed by atoms with Crippen LogP contribution < -0.4 is 25.3 Å². The Hall–Kier alpha value is -6.63. The Labute approximate surface area is 373 Å². The molecule has 16 heteroatoms. The standard InChI is InChI=1S/C47H39Cl2N5O8S/c1-27-44(16-17-45(51)52-27)63(58,59)54-24-35-22-42-41(61-26-43(62-42)33-11-13-36(14-12-33)60-25-30-6-15-37(48)38(49)18-30)21-34(35)20-40(54)46(55)53-39(47(56)57)19-28-2-7-31(8-3-28)32-9-4-29(23-50)5-10-32/h2-18,21-22,39-40,43H,19-20,24-26H2,1H3,(H2,51,52)(H,53,55)(H,56,57)/t39?,40-,43+/m0/s1. The number of anilines is 1. The van der Waals surface area contributed by atoms with E-state index in [2.05, 4.69) is 16.4 Å². The Morgan fingerprint density at radius 3 is 2.27 bits per heavy atom. The lowest BCUT2D eigenvalue weighted by atomic mass is 9.93. The van der Waals surface area contributed by atoms with Crippen LogP contribution in [0.15, 0.2) is 120 Å². The second-order valence-electron chi connectivity index (χ2n) is 15.2. The number of ether oxygens (including phenoxy) is 3. The summed E-state index contributed by atoms with van der Waals surface area (Å²) in [5.41, 5.74) is 11.8. The summed E-state index contributed by atoms with van der Waals surface area (Å²) in [6.45, 7) is 1.75. The molecule has 320 valence electrons. The second kappa shape index (κ2) is 18.0. The molecule has 3 heterocycles. The Balaban J connectivity index is 1.02. The molecule has 0 bridgehead atoms. The van der Waals surface area contributed by atoms with Gasteiger partial charge >= 0.3 is 5.97 Å². The van der Waals surface area contributed by atoms with Gasteiger partial charge < -0.3 is 30.4 Å². The molecule has 3 atom stereocenters. The number of benzene rings is 5. The van der Waals surface area contributed by atoms with Gasteiger partial charge in [0, 0.05) is 13.0 Å². The molecule has 2 aliphatic rings. The summed E-state index contributed by atoms with van der Waals surface area (Å²) in [6, 6.07) is 32.5. The van der Waals surface area contributed by atoms with Gasteiger partial charge in [-0.2, -0.15) is 9.57 Å². The number of hydrogen-bond acceptors (Lipinski definition) is 10. The van der Waals surface area contributed by atoms with E-state index in [0.29, 0.717) is 56.2 Å². The highest BCUT2D eigenvalue weighted by Gasteiger charge is 2.42. The third-order valence-electron chi connectivity index (χ3n) is 11.0. The Morgan fingerprint density at radius 1 is 0.921 bits per heavy atom. The lowest BCUT2D eigenvalue weighted by molar-refractivity contribution is -0.142. The number of aromatic nitrogens is 1. The summed E-state index contributed by atoms with van der Waals surface area (Å²) in [6.07, 6.45) is -0.651. The van der Waals surface area contributed by atoms with Crippen LogP contribution >= 0.6 is 23.2 Å². The number of fused-ring (bicyclic) bond motifs is 2. The zero-order chi connectivity index (χ0) is 44.4. The zero-order valence-electron chi connectivity index (χ0n) is 33.6. The molecule has 5 aromatic carbocycles. The minimum atomic E-state index is -4.41. The highest BCUT2D eigenvalue weighted by atomic mass is 35.5. The summed E-state index contributed by atoms with van der Waals surface area (Å²) < 4.78 is 48.6. The predicted octanol–water partition coefficient (Wildman–Crippen LogP) is 7.84. The third kappa shape index (κ3) is 9.42. The van der Waals surface area contributed by atoms with Gasteiger partial charge in [-0.25, -0.2) is 18.2 Å². The monoisotopic (exact) mass is 903 g/mol. The first-order valence-corrected chi connectivity index (χ1v) is 21.9. The minimum Gasteiger partial charge on any atom is -0.489 e. The van der Waals surface area contributed by atoms with Crippen molar-refractivity contribution in [3.05, 3.63) is 164 Å². The van der Waals surface area contributed by atoms with Crippen LogP contribution in [0, 0.1) is 18.3 Å². The average Bonchev–Trinajstić information content (AvgIpc) is 3.28. The first-order chi connectivity index (χ1) is 30.2. The molecule has 0 aliphatic carbocycles. The Morgan fingerprint density at radius 2 is 1.60 bits per heavy atom. The van der Waals surface area contributed by atoms with E-state index in [9.17, 15) is 23.1 Å². The fourth-order valence-electron chi connectivity index (χ4n) is 7.58. The van der Waals surface area contributed by atoms with Crippen molar-refractivity contribution in [3.8, 4) is 34.4 Å². The molecule has 4 N–H and O–H groups in total. The smallest absolute Gasteiger partial charge is 0.326 e. The van der Waals surface area contributed by atoms with Crippen LogP contribution in [0.3, 0.4) is 0 Å². The molecule has 0 spiro atoms. The van der Waals surface area contributed by atoms with Crippen LogP contribution in [0.5, 0.6) is 17.2 Å². The van der Waals surface area contributed by atoms with E-state index >= 15 is 0 Å². The number of aliphatic carboxylic acids is 1. The number of nitriles is 1. The van der Waals surface area contributed by atoms with Gasteiger partial charge in [0.25, 0.3) is 0 Å². The maximum Gasteiger partial charge on any atom is 0.326 e. The van der Waals surface area contributed by atoms with Crippen molar-refractivity contribution < 1.29 is 37.3 Å². The van der Waals surface area contributed by atoms with Crippen LogP contribution in [0.4, 0.5) is 5.82 Å². The largest absolute Gasteiger partial charge is 0.489 e. The van der Waals surface area contributed by atoms with Crippen molar-refractivity contribution in [1.29, 1.82) is 5.26 Å². The Kier molecular flexibility index (Phi) is 12.3. The number of carbonyl (C=O) groups is 2. The fraction of sp³-hybridized carbons (Fsp3) is 0.191. The summed E-state index contributed by atoms with van der Waals surface area (Å²) >= 11 is 12.2. The molecule has 2 aliphatic heterocycles. The number of carbonyl (C=O) groups excluding carboxylic acids is 1. The first-order valence-electron chi connectivity index (χ1n) is 19.8. The summed E-state index contributed by atoms with van der Waals surface area (Å²) in [4.78, 5) is 30.9. The van der Waals surface area contributed by atoms with Gasteiger partial charge in [-0.3, -0.25) is 4.79 Å². The fourth-order valence-corrected chi connectivity index (χ4v) is 9.63. The predicted molar refractivity (Wildman–Crippen MR) is 236 cm³/mol. The van der Waals surface area contributed by atoms with E-state index in [4.69, 9.17) is 48.4 Å². The summed E-state index contributed by atoms with van der Waals surface area (Å²) in [5.74, 6) is -0.496.